The maximum atomic E-state index is 4.59. The molecule has 0 radical (unpaired) electrons. The number of fused-ring (bicyclic) bond motifs is 1. The van der Waals surface area contributed by atoms with Crippen molar-refractivity contribution in [3.8, 4) is 0 Å². The van der Waals surface area contributed by atoms with Gasteiger partial charge in [0, 0.05) is 37.4 Å². The fourth-order valence-corrected chi connectivity index (χ4v) is 3.07. The lowest BCUT2D eigenvalue weighted by atomic mass is 10.1. The number of nitrogens with zero attached hydrogens (tertiary/aromatic N) is 5. The molecule has 0 aromatic carbocycles. The van der Waals surface area contributed by atoms with Crippen LogP contribution in [0.1, 0.15) is 24.8 Å². The zero-order valence-corrected chi connectivity index (χ0v) is 13.5. The van der Waals surface area contributed by atoms with Crippen LogP contribution in [0.3, 0.4) is 0 Å². The Morgan fingerprint density at radius 3 is 2.79 bits per heavy atom. The van der Waals surface area contributed by atoms with Crippen molar-refractivity contribution in [2.24, 2.45) is 0 Å². The number of nitrogens with one attached hydrogen (secondary N) is 1. The standard InChI is InChI=1S/C18H20N6/c1-2-7-24(8-3-1)17-9-15-16(12-20-17)22-13-23-18(15)21-11-14-5-4-6-19-10-14/h4-6,9-10,12-13H,1-3,7-8,11H2,(H,21,22,23). The van der Waals surface area contributed by atoms with Crippen molar-refractivity contribution in [1.29, 1.82) is 0 Å². The number of hydrogen-bond donors (Lipinski definition) is 1. The second-order valence-electron chi connectivity index (χ2n) is 6.04. The van der Waals surface area contributed by atoms with Crippen LogP contribution in [0.5, 0.6) is 0 Å². The molecule has 122 valence electrons. The molecule has 1 N–H and O–H groups in total. The highest BCUT2D eigenvalue weighted by Gasteiger charge is 2.14. The van der Waals surface area contributed by atoms with Crippen molar-refractivity contribution < 1.29 is 0 Å². The van der Waals surface area contributed by atoms with Gasteiger partial charge in [-0.25, -0.2) is 15.0 Å². The Balaban J connectivity index is 1.62. The van der Waals surface area contributed by atoms with Crippen LogP contribution in [0.2, 0.25) is 0 Å². The summed E-state index contributed by atoms with van der Waals surface area (Å²) in [5.74, 6) is 1.85. The molecule has 0 atom stereocenters. The van der Waals surface area contributed by atoms with Gasteiger partial charge < -0.3 is 10.2 Å². The van der Waals surface area contributed by atoms with Gasteiger partial charge in [0.2, 0.25) is 0 Å². The number of piperidine rings is 1. The van der Waals surface area contributed by atoms with Crippen LogP contribution in [0.15, 0.2) is 43.1 Å². The van der Waals surface area contributed by atoms with E-state index in [1.807, 2.05) is 24.5 Å². The SMILES string of the molecule is c1cncc(CNc2ncnc3cnc(N4CCCCC4)cc23)c1. The van der Waals surface area contributed by atoms with Gasteiger partial charge >= 0.3 is 0 Å². The van der Waals surface area contributed by atoms with Crippen molar-refractivity contribution in [3.63, 3.8) is 0 Å². The summed E-state index contributed by atoms with van der Waals surface area (Å²) in [6, 6.07) is 6.09. The van der Waals surface area contributed by atoms with E-state index in [2.05, 4.69) is 36.2 Å². The van der Waals surface area contributed by atoms with Gasteiger partial charge in [-0.05, 0) is 37.0 Å². The number of aromatic nitrogens is 4. The number of anilines is 2. The van der Waals surface area contributed by atoms with Crippen LogP contribution in [0.25, 0.3) is 10.9 Å². The first kappa shape index (κ1) is 14.8. The predicted molar refractivity (Wildman–Crippen MR) is 95.0 cm³/mol. The summed E-state index contributed by atoms with van der Waals surface area (Å²) in [5.41, 5.74) is 1.98. The number of pyridine rings is 2. The average Bonchev–Trinajstić information content (AvgIpc) is 2.67. The quantitative estimate of drug-likeness (QED) is 0.797. The normalized spacial score (nSPS) is 14.8. The average molecular weight is 320 g/mol. The Kier molecular flexibility index (Phi) is 4.18. The summed E-state index contributed by atoms with van der Waals surface area (Å²) < 4.78 is 0. The van der Waals surface area contributed by atoms with E-state index in [4.69, 9.17) is 0 Å². The topological polar surface area (TPSA) is 66.8 Å². The minimum Gasteiger partial charge on any atom is -0.365 e. The zero-order valence-electron chi connectivity index (χ0n) is 13.5. The molecule has 1 saturated heterocycles. The molecule has 24 heavy (non-hydrogen) atoms. The molecule has 0 spiro atoms. The van der Waals surface area contributed by atoms with Gasteiger partial charge in [-0.2, -0.15) is 0 Å². The minimum absolute atomic E-state index is 0.682. The van der Waals surface area contributed by atoms with Crippen LogP contribution in [-0.2, 0) is 6.54 Å². The van der Waals surface area contributed by atoms with Crippen molar-refractivity contribution in [2.75, 3.05) is 23.3 Å². The second-order valence-corrected chi connectivity index (χ2v) is 6.04. The number of hydrogen-bond acceptors (Lipinski definition) is 6. The molecule has 6 nitrogen and oxygen atoms in total. The van der Waals surface area contributed by atoms with E-state index in [1.54, 1.807) is 12.5 Å². The van der Waals surface area contributed by atoms with E-state index in [1.165, 1.54) is 19.3 Å². The summed E-state index contributed by atoms with van der Waals surface area (Å²) >= 11 is 0. The van der Waals surface area contributed by atoms with Crippen LogP contribution in [0, 0.1) is 0 Å². The maximum Gasteiger partial charge on any atom is 0.137 e. The Morgan fingerprint density at radius 2 is 1.96 bits per heavy atom. The third-order valence-electron chi connectivity index (χ3n) is 4.37. The van der Waals surface area contributed by atoms with Gasteiger partial charge in [-0.3, -0.25) is 4.98 Å². The summed E-state index contributed by atoms with van der Waals surface area (Å²) in [7, 11) is 0. The van der Waals surface area contributed by atoms with E-state index in [9.17, 15) is 0 Å². The molecule has 6 heteroatoms. The predicted octanol–water partition coefficient (Wildman–Crippen LogP) is 3.02. The molecule has 0 amide bonds. The highest BCUT2D eigenvalue weighted by Crippen LogP contribution is 2.25. The minimum atomic E-state index is 0.682. The summed E-state index contributed by atoms with van der Waals surface area (Å²) in [4.78, 5) is 19.8. The number of rotatable bonds is 4. The molecule has 4 heterocycles. The Morgan fingerprint density at radius 1 is 1.04 bits per heavy atom. The second kappa shape index (κ2) is 6.78. The first-order chi connectivity index (χ1) is 11.9. The van der Waals surface area contributed by atoms with Crippen LogP contribution in [0.4, 0.5) is 11.6 Å². The lowest BCUT2D eigenvalue weighted by Gasteiger charge is -2.27. The molecule has 3 aromatic heterocycles. The van der Waals surface area contributed by atoms with Crippen LogP contribution < -0.4 is 10.2 Å². The van der Waals surface area contributed by atoms with E-state index >= 15 is 0 Å². The van der Waals surface area contributed by atoms with Crippen molar-refractivity contribution in [2.45, 2.75) is 25.8 Å². The molecule has 1 aliphatic heterocycles. The zero-order chi connectivity index (χ0) is 16.2. The third-order valence-corrected chi connectivity index (χ3v) is 4.37. The smallest absolute Gasteiger partial charge is 0.137 e. The van der Waals surface area contributed by atoms with E-state index in [0.29, 0.717) is 6.54 Å². The molecule has 3 aromatic rings. The van der Waals surface area contributed by atoms with Crippen molar-refractivity contribution in [1.82, 2.24) is 19.9 Å². The summed E-state index contributed by atoms with van der Waals surface area (Å²) in [6.45, 7) is 2.83. The van der Waals surface area contributed by atoms with Crippen molar-refractivity contribution in [3.05, 3.63) is 48.7 Å². The van der Waals surface area contributed by atoms with Gasteiger partial charge in [0.1, 0.15) is 18.0 Å². The van der Waals surface area contributed by atoms with Gasteiger partial charge in [0.25, 0.3) is 0 Å². The molecule has 0 bridgehead atoms. The van der Waals surface area contributed by atoms with Gasteiger partial charge in [0.15, 0.2) is 0 Å². The molecule has 1 aliphatic rings. The maximum absolute atomic E-state index is 4.59. The van der Waals surface area contributed by atoms with Crippen LogP contribution >= 0.6 is 0 Å². The lowest BCUT2D eigenvalue weighted by molar-refractivity contribution is 0.574. The molecule has 4 rings (SSSR count). The molecular weight excluding hydrogens is 300 g/mol. The van der Waals surface area contributed by atoms with E-state index < -0.39 is 0 Å². The highest BCUT2D eigenvalue weighted by atomic mass is 15.2. The monoisotopic (exact) mass is 320 g/mol. The first-order valence-corrected chi connectivity index (χ1v) is 8.39. The highest BCUT2D eigenvalue weighted by molar-refractivity contribution is 5.90. The fraction of sp³-hybridized carbons (Fsp3) is 0.333. The molecule has 0 unspecified atom stereocenters. The summed E-state index contributed by atoms with van der Waals surface area (Å²) in [6.07, 6.45) is 10.8. The van der Waals surface area contributed by atoms with E-state index in [-0.39, 0.29) is 0 Å². The largest absolute Gasteiger partial charge is 0.365 e. The van der Waals surface area contributed by atoms with Crippen LogP contribution in [-0.4, -0.2) is 33.0 Å². The Bertz CT molecular complexity index is 814. The molecule has 1 fully saturated rings. The van der Waals surface area contributed by atoms with Crippen molar-refractivity contribution >= 4 is 22.5 Å². The van der Waals surface area contributed by atoms with Gasteiger partial charge in [-0.1, -0.05) is 6.07 Å². The third kappa shape index (κ3) is 3.13. The summed E-state index contributed by atoms with van der Waals surface area (Å²) in [5, 5.41) is 4.41. The fourth-order valence-electron chi connectivity index (χ4n) is 3.07. The van der Waals surface area contributed by atoms with E-state index in [0.717, 1.165) is 41.2 Å². The Labute approximate surface area is 141 Å². The molecular formula is C18H20N6. The first-order valence-electron chi connectivity index (χ1n) is 8.39. The Hall–Kier alpha value is -2.76. The molecule has 0 aliphatic carbocycles. The van der Waals surface area contributed by atoms with Gasteiger partial charge in [0.05, 0.1) is 11.7 Å². The molecule has 0 saturated carbocycles. The van der Waals surface area contributed by atoms with Gasteiger partial charge in [-0.15, -0.1) is 0 Å². The lowest BCUT2D eigenvalue weighted by Crippen LogP contribution is -2.30.